The highest BCUT2D eigenvalue weighted by atomic mass is 16.5. The molecule has 1 aliphatic heterocycles. The fourth-order valence-electron chi connectivity index (χ4n) is 3.82. The molecule has 6 nitrogen and oxygen atoms in total. The van der Waals surface area contributed by atoms with Gasteiger partial charge in [-0.3, -0.25) is 0 Å². The number of anilines is 2. The fraction of sp³-hybridized carbons (Fsp3) is 0.500. The van der Waals surface area contributed by atoms with Crippen LogP contribution in [0.5, 0.6) is 11.6 Å². The van der Waals surface area contributed by atoms with E-state index in [4.69, 9.17) is 19.4 Å². The minimum atomic E-state index is 0.643. The van der Waals surface area contributed by atoms with Gasteiger partial charge < -0.3 is 19.3 Å². The van der Waals surface area contributed by atoms with Gasteiger partial charge in [-0.2, -0.15) is 4.98 Å². The predicted molar refractivity (Wildman–Crippen MR) is 103 cm³/mol. The van der Waals surface area contributed by atoms with Gasteiger partial charge in [0.15, 0.2) is 0 Å². The topological polar surface area (TPSA) is 50.7 Å². The Balaban J connectivity index is 1.51. The Labute approximate surface area is 154 Å². The molecular formula is C20H26N4O2. The number of benzene rings is 1. The Bertz CT molecular complexity index is 772. The molecule has 1 fully saturated rings. The molecule has 0 radical (unpaired) electrons. The molecule has 0 bridgehead atoms. The van der Waals surface area contributed by atoms with Crippen LogP contribution in [0.15, 0.2) is 24.3 Å². The molecule has 2 aromatic rings. The molecular weight excluding hydrogens is 328 g/mol. The molecule has 0 saturated carbocycles. The molecule has 26 heavy (non-hydrogen) atoms. The number of rotatable bonds is 5. The zero-order valence-corrected chi connectivity index (χ0v) is 15.6. The standard InChI is InChI=1S/C20H26N4O2/c1-3-26-19-15-7-6-8-16(15)21-20(22-19)24-13-11-23(12-14-24)17-9-4-5-10-18(17)25-2/h4-5,9-10H,3,6-8,11-14H2,1-2H3. The van der Waals surface area contributed by atoms with Gasteiger partial charge in [-0.05, 0) is 38.3 Å². The van der Waals surface area contributed by atoms with E-state index in [0.717, 1.165) is 68.7 Å². The van der Waals surface area contributed by atoms with Gasteiger partial charge >= 0.3 is 0 Å². The van der Waals surface area contributed by atoms with E-state index in [-0.39, 0.29) is 0 Å². The van der Waals surface area contributed by atoms with Crippen LogP contribution in [0.4, 0.5) is 11.6 Å². The predicted octanol–water partition coefficient (Wildman–Crippen LogP) is 2.70. The summed E-state index contributed by atoms with van der Waals surface area (Å²) in [4.78, 5) is 14.2. The molecule has 2 aliphatic rings. The van der Waals surface area contributed by atoms with Crippen molar-refractivity contribution in [2.24, 2.45) is 0 Å². The number of piperazine rings is 1. The van der Waals surface area contributed by atoms with Crippen molar-refractivity contribution in [2.45, 2.75) is 26.2 Å². The second-order valence-corrected chi connectivity index (χ2v) is 6.69. The smallest absolute Gasteiger partial charge is 0.229 e. The number of fused-ring (bicyclic) bond motifs is 1. The van der Waals surface area contributed by atoms with Crippen molar-refractivity contribution in [3.8, 4) is 11.6 Å². The SMILES string of the molecule is CCOc1nc(N2CCN(c3ccccc3OC)CC2)nc2c1CCC2. The normalized spacial score (nSPS) is 16.5. The van der Waals surface area contributed by atoms with Crippen LogP contribution in [0.2, 0.25) is 0 Å². The van der Waals surface area contributed by atoms with E-state index in [1.807, 2.05) is 19.1 Å². The summed E-state index contributed by atoms with van der Waals surface area (Å²) in [5.41, 5.74) is 3.54. The van der Waals surface area contributed by atoms with Gasteiger partial charge in [0.25, 0.3) is 0 Å². The van der Waals surface area contributed by atoms with Gasteiger partial charge in [0.2, 0.25) is 11.8 Å². The van der Waals surface area contributed by atoms with Crippen LogP contribution in [-0.2, 0) is 12.8 Å². The van der Waals surface area contributed by atoms with Crippen LogP contribution in [-0.4, -0.2) is 49.9 Å². The third kappa shape index (κ3) is 3.16. The Hall–Kier alpha value is -2.50. The number of methoxy groups -OCH3 is 1. The van der Waals surface area contributed by atoms with Gasteiger partial charge in [0.1, 0.15) is 5.75 Å². The molecule has 6 heteroatoms. The summed E-state index contributed by atoms with van der Waals surface area (Å²) in [7, 11) is 1.72. The maximum Gasteiger partial charge on any atom is 0.229 e. The first-order chi connectivity index (χ1) is 12.8. The molecule has 0 unspecified atom stereocenters. The summed E-state index contributed by atoms with van der Waals surface area (Å²) in [6.07, 6.45) is 3.22. The highest BCUT2D eigenvalue weighted by Crippen LogP contribution is 2.32. The van der Waals surface area contributed by atoms with Crippen LogP contribution in [0, 0.1) is 0 Å². The van der Waals surface area contributed by atoms with Crippen molar-refractivity contribution in [1.29, 1.82) is 0 Å². The van der Waals surface area contributed by atoms with Gasteiger partial charge in [0.05, 0.1) is 25.1 Å². The Morgan fingerprint density at radius 3 is 2.54 bits per heavy atom. The summed E-state index contributed by atoms with van der Waals surface area (Å²) in [6, 6.07) is 8.20. The molecule has 0 N–H and O–H groups in total. The summed E-state index contributed by atoms with van der Waals surface area (Å²) in [5.74, 6) is 2.53. The molecule has 1 aromatic carbocycles. The third-order valence-corrected chi connectivity index (χ3v) is 5.15. The molecule has 138 valence electrons. The summed E-state index contributed by atoms with van der Waals surface area (Å²) in [6.45, 7) is 6.28. The molecule has 0 spiro atoms. The van der Waals surface area contributed by atoms with Crippen molar-refractivity contribution in [3.63, 3.8) is 0 Å². The quantitative estimate of drug-likeness (QED) is 0.823. The molecule has 1 aromatic heterocycles. The van der Waals surface area contributed by atoms with Crippen molar-refractivity contribution in [3.05, 3.63) is 35.5 Å². The van der Waals surface area contributed by atoms with E-state index in [1.54, 1.807) is 7.11 Å². The Kier molecular flexibility index (Phi) is 4.82. The highest BCUT2D eigenvalue weighted by molar-refractivity contribution is 5.59. The van der Waals surface area contributed by atoms with E-state index in [9.17, 15) is 0 Å². The molecule has 2 heterocycles. The number of nitrogens with zero attached hydrogens (tertiary/aromatic N) is 4. The minimum Gasteiger partial charge on any atom is -0.495 e. The molecule has 1 aliphatic carbocycles. The average Bonchev–Trinajstić information content (AvgIpc) is 3.17. The second-order valence-electron chi connectivity index (χ2n) is 6.69. The highest BCUT2D eigenvalue weighted by Gasteiger charge is 2.25. The summed E-state index contributed by atoms with van der Waals surface area (Å²) < 4.78 is 11.3. The maximum atomic E-state index is 5.80. The number of ether oxygens (including phenoxy) is 2. The van der Waals surface area contributed by atoms with Gasteiger partial charge in [-0.15, -0.1) is 0 Å². The van der Waals surface area contributed by atoms with Crippen molar-refractivity contribution >= 4 is 11.6 Å². The van der Waals surface area contributed by atoms with Crippen LogP contribution < -0.4 is 19.3 Å². The van der Waals surface area contributed by atoms with Gasteiger partial charge in [0, 0.05) is 31.7 Å². The van der Waals surface area contributed by atoms with Crippen LogP contribution in [0.25, 0.3) is 0 Å². The van der Waals surface area contributed by atoms with Crippen LogP contribution in [0.3, 0.4) is 0 Å². The lowest BCUT2D eigenvalue weighted by molar-refractivity contribution is 0.322. The van der Waals surface area contributed by atoms with Crippen LogP contribution >= 0.6 is 0 Å². The Morgan fingerprint density at radius 2 is 1.77 bits per heavy atom. The first-order valence-corrected chi connectivity index (χ1v) is 9.45. The lowest BCUT2D eigenvalue weighted by atomic mass is 10.2. The fourth-order valence-corrected chi connectivity index (χ4v) is 3.82. The summed E-state index contributed by atoms with van der Waals surface area (Å²) in [5, 5.41) is 0. The Morgan fingerprint density at radius 1 is 1.00 bits per heavy atom. The average molecular weight is 354 g/mol. The lowest BCUT2D eigenvalue weighted by Gasteiger charge is -2.36. The van der Waals surface area contributed by atoms with E-state index in [1.165, 1.54) is 11.3 Å². The summed E-state index contributed by atoms with van der Waals surface area (Å²) >= 11 is 0. The maximum absolute atomic E-state index is 5.80. The molecule has 0 amide bonds. The number of hydrogen-bond acceptors (Lipinski definition) is 6. The van der Waals surface area contributed by atoms with E-state index < -0.39 is 0 Å². The van der Waals surface area contributed by atoms with Gasteiger partial charge in [-0.25, -0.2) is 4.98 Å². The monoisotopic (exact) mass is 354 g/mol. The first-order valence-electron chi connectivity index (χ1n) is 9.45. The number of aromatic nitrogens is 2. The molecule has 1 saturated heterocycles. The minimum absolute atomic E-state index is 0.643. The molecule has 4 rings (SSSR count). The molecule has 0 atom stereocenters. The van der Waals surface area contributed by atoms with Crippen LogP contribution in [0.1, 0.15) is 24.6 Å². The first kappa shape index (κ1) is 16.9. The third-order valence-electron chi connectivity index (χ3n) is 5.15. The zero-order chi connectivity index (χ0) is 17.9. The van der Waals surface area contributed by atoms with Crippen molar-refractivity contribution < 1.29 is 9.47 Å². The lowest BCUT2D eigenvalue weighted by Crippen LogP contribution is -2.47. The van der Waals surface area contributed by atoms with E-state index >= 15 is 0 Å². The number of aryl methyl sites for hydroxylation is 1. The second kappa shape index (κ2) is 7.40. The zero-order valence-electron chi connectivity index (χ0n) is 15.6. The van der Waals surface area contributed by atoms with E-state index in [2.05, 4.69) is 21.9 Å². The van der Waals surface area contributed by atoms with Crippen molar-refractivity contribution in [1.82, 2.24) is 9.97 Å². The largest absolute Gasteiger partial charge is 0.495 e. The van der Waals surface area contributed by atoms with E-state index in [0.29, 0.717) is 6.61 Å². The van der Waals surface area contributed by atoms with Crippen molar-refractivity contribution in [2.75, 3.05) is 49.7 Å². The number of hydrogen-bond donors (Lipinski definition) is 0. The van der Waals surface area contributed by atoms with Gasteiger partial charge in [-0.1, -0.05) is 12.1 Å². The number of para-hydroxylation sites is 2.